The number of thioether (sulfide) groups is 1. The third-order valence-electron chi connectivity index (χ3n) is 4.49. The Labute approximate surface area is 177 Å². The average Bonchev–Trinajstić information content (AvgIpc) is 2.71. The maximum absolute atomic E-state index is 13.2. The van der Waals surface area contributed by atoms with Crippen LogP contribution in [0.15, 0.2) is 47.4 Å². The highest BCUT2D eigenvalue weighted by Crippen LogP contribution is 2.22. The molecule has 29 heavy (non-hydrogen) atoms. The van der Waals surface area contributed by atoms with Gasteiger partial charge in [0.05, 0.1) is 23.0 Å². The van der Waals surface area contributed by atoms with Crippen LogP contribution >= 0.6 is 23.4 Å². The molecule has 0 atom stereocenters. The second-order valence-corrected chi connectivity index (χ2v) is 8.01. The Morgan fingerprint density at radius 3 is 2.45 bits per heavy atom. The smallest absolute Gasteiger partial charge is 0.238 e. The van der Waals surface area contributed by atoms with E-state index in [2.05, 4.69) is 5.32 Å². The fraction of sp³-hybridized carbons (Fsp3) is 0.300. The van der Waals surface area contributed by atoms with E-state index in [1.54, 1.807) is 29.2 Å². The molecule has 1 aliphatic heterocycles. The number of hydrogen-bond donors (Lipinski definition) is 1. The maximum atomic E-state index is 13.2. The predicted octanol–water partition coefficient (Wildman–Crippen LogP) is 3.49. The van der Waals surface area contributed by atoms with Gasteiger partial charge in [0.25, 0.3) is 0 Å². The normalized spacial score (nSPS) is 14.7. The van der Waals surface area contributed by atoms with E-state index in [4.69, 9.17) is 11.6 Å². The average molecular weight is 440 g/mol. The van der Waals surface area contributed by atoms with Gasteiger partial charge in [-0.1, -0.05) is 23.7 Å². The Morgan fingerprint density at radius 1 is 1.03 bits per heavy atom. The molecule has 5 nitrogen and oxygen atoms in total. The molecule has 3 rings (SSSR count). The van der Waals surface area contributed by atoms with Gasteiger partial charge in [-0.05, 0) is 30.3 Å². The summed E-state index contributed by atoms with van der Waals surface area (Å²) in [4.78, 5) is 28.8. The first-order valence-corrected chi connectivity index (χ1v) is 10.4. The van der Waals surface area contributed by atoms with E-state index in [0.29, 0.717) is 41.8 Å². The molecule has 0 spiro atoms. The zero-order chi connectivity index (χ0) is 20.8. The summed E-state index contributed by atoms with van der Waals surface area (Å²) in [6, 6.07) is 10.6. The van der Waals surface area contributed by atoms with E-state index in [9.17, 15) is 18.4 Å². The van der Waals surface area contributed by atoms with Crippen LogP contribution in [0.4, 0.5) is 14.5 Å². The van der Waals surface area contributed by atoms with Crippen molar-refractivity contribution in [2.24, 2.45) is 0 Å². The van der Waals surface area contributed by atoms with Crippen molar-refractivity contribution in [3.05, 3.63) is 59.1 Å². The lowest BCUT2D eigenvalue weighted by Crippen LogP contribution is -2.50. The minimum absolute atomic E-state index is 0.0695. The van der Waals surface area contributed by atoms with Gasteiger partial charge in [0.1, 0.15) is 0 Å². The maximum Gasteiger partial charge on any atom is 0.238 e. The highest BCUT2D eigenvalue weighted by molar-refractivity contribution is 8.00. The lowest BCUT2D eigenvalue weighted by molar-refractivity contribution is -0.130. The predicted molar refractivity (Wildman–Crippen MR) is 110 cm³/mol. The minimum Gasteiger partial charge on any atom is -0.339 e. The molecule has 1 aliphatic rings. The molecule has 1 fully saturated rings. The van der Waals surface area contributed by atoms with Crippen LogP contribution in [0.25, 0.3) is 0 Å². The van der Waals surface area contributed by atoms with Gasteiger partial charge in [0.15, 0.2) is 11.6 Å². The number of nitrogens with zero attached hydrogens (tertiary/aromatic N) is 2. The van der Waals surface area contributed by atoms with Crippen molar-refractivity contribution in [2.75, 3.05) is 43.8 Å². The number of nitrogens with one attached hydrogen (secondary N) is 1. The summed E-state index contributed by atoms with van der Waals surface area (Å²) in [5.41, 5.74) is 0.572. The molecular weight excluding hydrogens is 420 g/mol. The summed E-state index contributed by atoms with van der Waals surface area (Å²) in [7, 11) is 0. The summed E-state index contributed by atoms with van der Waals surface area (Å²) in [6.07, 6.45) is 0. The number of halogens is 3. The molecule has 9 heteroatoms. The van der Waals surface area contributed by atoms with E-state index < -0.39 is 11.6 Å². The molecule has 0 saturated carbocycles. The molecule has 2 amide bonds. The zero-order valence-electron chi connectivity index (χ0n) is 15.5. The van der Waals surface area contributed by atoms with E-state index in [0.717, 1.165) is 12.1 Å². The number of para-hydroxylation sites is 1. The standard InChI is InChI=1S/C20H20ClF2N3O2S/c21-15-3-1-2-4-18(15)24-19(27)12-25-7-9-26(10-8-25)20(28)13-29-14-5-6-16(22)17(23)11-14/h1-6,11H,7-10,12-13H2,(H,24,27). The van der Waals surface area contributed by atoms with Crippen molar-refractivity contribution in [3.8, 4) is 0 Å². The number of carbonyl (C=O) groups is 2. The number of piperazine rings is 1. The second-order valence-electron chi connectivity index (χ2n) is 6.55. The summed E-state index contributed by atoms with van der Waals surface area (Å²) in [5.74, 6) is -1.91. The van der Waals surface area contributed by atoms with Crippen LogP contribution in [0.3, 0.4) is 0 Å². The number of amides is 2. The van der Waals surface area contributed by atoms with Gasteiger partial charge in [-0.25, -0.2) is 8.78 Å². The fourth-order valence-corrected chi connectivity index (χ4v) is 3.92. The lowest BCUT2D eigenvalue weighted by atomic mass is 10.3. The van der Waals surface area contributed by atoms with Gasteiger partial charge in [0, 0.05) is 31.1 Å². The van der Waals surface area contributed by atoms with Gasteiger partial charge >= 0.3 is 0 Å². The van der Waals surface area contributed by atoms with Crippen molar-refractivity contribution in [1.82, 2.24) is 9.80 Å². The van der Waals surface area contributed by atoms with Crippen molar-refractivity contribution in [1.29, 1.82) is 0 Å². The summed E-state index contributed by atoms with van der Waals surface area (Å²) in [5, 5.41) is 3.27. The fourth-order valence-electron chi connectivity index (χ4n) is 2.91. The van der Waals surface area contributed by atoms with Crippen molar-refractivity contribution >= 4 is 40.9 Å². The molecule has 1 saturated heterocycles. The van der Waals surface area contributed by atoms with Crippen LogP contribution in [-0.2, 0) is 9.59 Å². The van der Waals surface area contributed by atoms with E-state index >= 15 is 0 Å². The molecule has 2 aromatic rings. The SMILES string of the molecule is O=C(CN1CCN(C(=O)CSc2ccc(F)c(F)c2)CC1)Nc1ccccc1Cl. The van der Waals surface area contributed by atoms with Crippen molar-refractivity contribution in [2.45, 2.75) is 4.90 Å². The molecule has 0 aromatic heterocycles. The largest absolute Gasteiger partial charge is 0.339 e. The molecule has 1 N–H and O–H groups in total. The number of carbonyl (C=O) groups excluding carboxylic acids is 2. The van der Waals surface area contributed by atoms with Gasteiger partial charge < -0.3 is 10.2 Å². The Hall–Kier alpha value is -2.16. The number of hydrogen-bond acceptors (Lipinski definition) is 4. The van der Waals surface area contributed by atoms with Crippen LogP contribution in [0.5, 0.6) is 0 Å². The monoisotopic (exact) mass is 439 g/mol. The molecule has 1 heterocycles. The lowest BCUT2D eigenvalue weighted by Gasteiger charge is -2.34. The Balaban J connectivity index is 1.41. The summed E-state index contributed by atoms with van der Waals surface area (Å²) >= 11 is 7.21. The van der Waals surface area contributed by atoms with E-state index in [-0.39, 0.29) is 24.1 Å². The van der Waals surface area contributed by atoms with Crippen LogP contribution < -0.4 is 5.32 Å². The van der Waals surface area contributed by atoms with E-state index in [1.807, 2.05) is 4.90 Å². The third kappa shape index (κ3) is 6.16. The first-order chi connectivity index (χ1) is 13.9. The zero-order valence-corrected chi connectivity index (χ0v) is 17.1. The highest BCUT2D eigenvalue weighted by atomic mass is 35.5. The molecule has 0 aliphatic carbocycles. The number of anilines is 1. The first-order valence-electron chi connectivity index (χ1n) is 9.05. The molecule has 0 radical (unpaired) electrons. The topological polar surface area (TPSA) is 52.7 Å². The highest BCUT2D eigenvalue weighted by Gasteiger charge is 2.22. The number of benzene rings is 2. The van der Waals surface area contributed by atoms with Crippen LogP contribution in [0, 0.1) is 11.6 Å². The molecule has 0 bridgehead atoms. The Morgan fingerprint density at radius 2 is 1.76 bits per heavy atom. The summed E-state index contributed by atoms with van der Waals surface area (Å²) < 4.78 is 26.2. The molecule has 2 aromatic carbocycles. The van der Waals surface area contributed by atoms with Crippen molar-refractivity contribution in [3.63, 3.8) is 0 Å². The van der Waals surface area contributed by atoms with Crippen LogP contribution in [0.1, 0.15) is 0 Å². The summed E-state index contributed by atoms with van der Waals surface area (Å²) in [6.45, 7) is 2.40. The van der Waals surface area contributed by atoms with Gasteiger partial charge in [-0.3, -0.25) is 14.5 Å². The third-order valence-corrected chi connectivity index (χ3v) is 5.80. The second kappa shape index (κ2) is 10.0. The number of rotatable bonds is 6. The Kier molecular flexibility index (Phi) is 7.46. The van der Waals surface area contributed by atoms with Crippen molar-refractivity contribution < 1.29 is 18.4 Å². The molecular formula is C20H20ClF2N3O2S. The van der Waals surface area contributed by atoms with Crippen LogP contribution in [-0.4, -0.2) is 60.1 Å². The Bertz CT molecular complexity index is 892. The first kappa shape index (κ1) is 21.5. The van der Waals surface area contributed by atoms with Crippen LogP contribution in [0.2, 0.25) is 5.02 Å². The quantitative estimate of drug-likeness (QED) is 0.700. The minimum atomic E-state index is -0.925. The van der Waals surface area contributed by atoms with Gasteiger partial charge in [0.2, 0.25) is 11.8 Å². The van der Waals surface area contributed by atoms with Gasteiger partial charge in [-0.2, -0.15) is 0 Å². The van der Waals surface area contributed by atoms with E-state index in [1.165, 1.54) is 17.8 Å². The molecule has 0 unspecified atom stereocenters. The molecule has 154 valence electrons. The van der Waals surface area contributed by atoms with Gasteiger partial charge in [-0.15, -0.1) is 11.8 Å².